The van der Waals surface area contributed by atoms with Gasteiger partial charge in [0.15, 0.2) is 5.11 Å². The second kappa shape index (κ2) is 10.8. The van der Waals surface area contributed by atoms with Crippen molar-refractivity contribution in [2.75, 3.05) is 17.1 Å². The van der Waals surface area contributed by atoms with Crippen LogP contribution in [-0.2, 0) is 15.4 Å². The molecule has 10 heteroatoms. The predicted octanol–water partition coefficient (Wildman–Crippen LogP) is 5.68. The molecule has 3 rings (SSSR count). The summed E-state index contributed by atoms with van der Waals surface area (Å²) in [5, 5.41) is 5.51. The third-order valence-corrected chi connectivity index (χ3v) is 7.18. The van der Waals surface area contributed by atoms with Crippen molar-refractivity contribution in [1.29, 1.82) is 0 Å². The lowest BCUT2D eigenvalue weighted by atomic mass is 9.87. The highest BCUT2D eigenvalue weighted by molar-refractivity contribution is 9.10. The zero-order valence-corrected chi connectivity index (χ0v) is 22.9. The highest BCUT2D eigenvalue weighted by Gasteiger charge is 2.21. The van der Waals surface area contributed by atoms with Crippen molar-refractivity contribution in [2.45, 2.75) is 31.1 Å². The number of benzene rings is 3. The van der Waals surface area contributed by atoms with E-state index >= 15 is 0 Å². The van der Waals surface area contributed by atoms with Gasteiger partial charge in [0.25, 0.3) is 15.9 Å². The quantitative estimate of drug-likeness (QED) is 0.327. The maximum absolute atomic E-state index is 13.0. The summed E-state index contributed by atoms with van der Waals surface area (Å²) in [7, 11) is -2.58. The average molecular weight is 577 g/mol. The minimum atomic E-state index is -3.97. The fourth-order valence-electron chi connectivity index (χ4n) is 3.15. The van der Waals surface area contributed by atoms with E-state index in [9.17, 15) is 13.2 Å². The lowest BCUT2D eigenvalue weighted by Crippen LogP contribution is -2.34. The van der Waals surface area contributed by atoms with Crippen LogP contribution in [0.3, 0.4) is 0 Å². The molecule has 3 N–H and O–H groups in total. The molecule has 0 fully saturated rings. The number of methoxy groups -OCH3 is 1. The molecule has 1 amide bonds. The highest BCUT2D eigenvalue weighted by atomic mass is 79.9. The van der Waals surface area contributed by atoms with E-state index in [4.69, 9.17) is 17.0 Å². The zero-order valence-electron chi connectivity index (χ0n) is 19.7. The normalized spacial score (nSPS) is 11.5. The molecule has 0 bridgehead atoms. The first kappa shape index (κ1) is 26.7. The molecule has 0 unspecified atom stereocenters. The Kier molecular flexibility index (Phi) is 8.19. The van der Waals surface area contributed by atoms with Crippen LogP contribution in [0.1, 0.15) is 36.7 Å². The fourth-order valence-corrected chi connectivity index (χ4v) is 4.88. The molecule has 35 heavy (non-hydrogen) atoms. The van der Waals surface area contributed by atoms with Gasteiger partial charge in [0.1, 0.15) is 10.6 Å². The molecule has 0 radical (unpaired) electrons. The van der Waals surface area contributed by atoms with Gasteiger partial charge in [0.2, 0.25) is 0 Å². The van der Waals surface area contributed by atoms with Crippen LogP contribution in [0.2, 0.25) is 0 Å². The molecular weight excluding hydrogens is 550 g/mol. The number of halogens is 1. The van der Waals surface area contributed by atoms with Gasteiger partial charge in [0, 0.05) is 21.4 Å². The van der Waals surface area contributed by atoms with Crippen molar-refractivity contribution in [2.24, 2.45) is 0 Å². The largest absolute Gasteiger partial charge is 0.495 e. The first-order valence-electron chi connectivity index (χ1n) is 10.6. The summed E-state index contributed by atoms with van der Waals surface area (Å²) >= 11 is 8.59. The van der Waals surface area contributed by atoms with Crippen molar-refractivity contribution in [3.8, 4) is 5.75 Å². The number of hydrogen-bond acceptors (Lipinski definition) is 5. The van der Waals surface area contributed by atoms with Gasteiger partial charge in [-0.05, 0) is 77.8 Å². The Morgan fingerprint density at radius 1 is 0.943 bits per heavy atom. The molecule has 0 aliphatic heterocycles. The molecule has 0 heterocycles. The molecule has 0 aliphatic rings. The van der Waals surface area contributed by atoms with Crippen molar-refractivity contribution in [3.63, 3.8) is 0 Å². The van der Waals surface area contributed by atoms with Gasteiger partial charge >= 0.3 is 0 Å². The zero-order chi connectivity index (χ0) is 25.8. The van der Waals surface area contributed by atoms with E-state index in [0.29, 0.717) is 16.9 Å². The van der Waals surface area contributed by atoms with Crippen molar-refractivity contribution >= 4 is 60.6 Å². The second-order valence-electron chi connectivity index (χ2n) is 8.71. The van der Waals surface area contributed by atoms with Crippen LogP contribution in [0, 0.1) is 0 Å². The molecule has 184 valence electrons. The maximum atomic E-state index is 13.0. The summed E-state index contributed by atoms with van der Waals surface area (Å²) in [6, 6.07) is 18.5. The Morgan fingerprint density at radius 3 is 2.11 bits per heavy atom. The van der Waals surface area contributed by atoms with E-state index in [1.54, 1.807) is 42.5 Å². The summed E-state index contributed by atoms with van der Waals surface area (Å²) in [5.74, 6) is -0.213. The van der Waals surface area contributed by atoms with Crippen LogP contribution in [-0.4, -0.2) is 26.5 Å². The first-order chi connectivity index (χ1) is 16.4. The Bertz CT molecular complexity index is 1330. The number of rotatable bonds is 6. The van der Waals surface area contributed by atoms with Crippen molar-refractivity contribution in [3.05, 3.63) is 82.3 Å². The number of ether oxygens (including phenoxy) is 1. The van der Waals surface area contributed by atoms with Crippen LogP contribution < -0.4 is 20.1 Å². The molecule has 3 aromatic carbocycles. The van der Waals surface area contributed by atoms with Gasteiger partial charge < -0.3 is 10.1 Å². The van der Waals surface area contributed by atoms with E-state index in [2.05, 4.69) is 52.1 Å². The lowest BCUT2D eigenvalue weighted by Gasteiger charge is -2.19. The van der Waals surface area contributed by atoms with Crippen LogP contribution in [0.4, 0.5) is 11.4 Å². The molecule has 0 saturated carbocycles. The third-order valence-electron chi connectivity index (χ3n) is 5.05. The van der Waals surface area contributed by atoms with Gasteiger partial charge in [-0.15, -0.1) is 0 Å². The Balaban J connectivity index is 1.74. The highest BCUT2D eigenvalue weighted by Crippen LogP contribution is 2.29. The number of carbonyl (C=O) groups excluding carboxylic acids is 1. The summed E-state index contributed by atoms with van der Waals surface area (Å²) in [4.78, 5) is 12.5. The van der Waals surface area contributed by atoms with Gasteiger partial charge in [-0.1, -0.05) is 48.8 Å². The topological polar surface area (TPSA) is 96.5 Å². The van der Waals surface area contributed by atoms with Crippen LogP contribution in [0.5, 0.6) is 5.75 Å². The molecule has 7 nitrogen and oxygen atoms in total. The molecular formula is C25H26BrN3O4S2. The minimum absolute atomic E-state index is 0.0233. The van der Waals surface area contributed by atoms with Crippen LogP contribution >= 0.6 is 28.1 Å². The van der Waals surface area contributed by atoms with Gasteiger partial charge in [-0.2, -0.15) is 0 Å². The third kappa shape index (κ3) is 7.03. The number of carbonyl (C=O) groups is 1. The number of thiocarbonyl (C=S) groups is 1. The predicted molar refractivity (Wildman–Crippen MR) is 147 cm³/mol. The molecule has 0 spiro atoms. The summed E-state index contributed by atoms with van der Waals surface area (Å²) < 4.78 is 34.7. The molecule has 0 aromatic heterocycles. The van der Waals surface area contributed by atoms with Gasteiger partial charge in [0.05, 0.1) is 7.11 Å². The van der Waals surface area contributed by atoms with E-state index in [1.807, 2.05) is 12.1 Å². The van der Waals surface area contributed by atoms with E-state index in [1.165, 1.54) is 19.2 Å². The monoisotopic (exact) mass is 575 g/mol. The van der Waals surface area contributed by atoms with E-state index < -0.39 is 10.0 Å². The number of nitrogens with one attached hydrogen (secondary N) is 3. The van der Waals surface area contributed by atoms with Gasteiger partial charge in [-0.25, -0.2) is 8.42 Å². The number of sulfonamides is 1. The fraction of sp³-hybridized carbons (Fsp3) is 0.200. The molecule has 3 aromatic rings. The molecule has 0 aliphatic carbocycles. The number of amides is 1. The van der Waals surface area contributed by atoms with E-state index in [0.717, 1.165) is 10.0 Å². The smallest absolute Gasteiger partial charge is 0.265 e. The average Bonchev–Trinajstić information content (AvgIpc) is 2.80. The van der Waals surface area contributed by atoms with Crippen LogP contribution in [0.15, 0.2) is 76.1 Å². The summed E-state index contributed by atoms with van der Waals surface area (Å²) in [6.07, 6.45) is 0. The lowest BCUT2D eigenvalue weighted by molar-refractivity contribution is 0.0977. The standard InChI is InChI=1S/C25H26BrN3O4S2/c1-25(2,3)17-7-5-16(6-8-17)23(30)28-24(34)27-20-13-14-21(33-4)22(15-20)35(31,32)29-19-11-9-18(26)10-12-19/h5-15,29H,1-4H3,(H2,27,28,30,34). The SMILES string of the molecule is COc1ccc(NC(=S)NC(=O)c2ccc(C(C)(C)C)cc2)cc1S(=O)(=O)Nc1ccc(Br)cc1. The number of anilines is 2. The van der Waals surface area contributed by atoms with Crippen molar-refractivity contribution < 1.29 is 17.9 Å². The minimum Gasteiger partial charge on any atom is -0.495 e. The van der Waals surface area contributed by atoms with Crippen LogP contribution in [0.25, 0.3) is 0 Å². The Morgan fingerprint density at radius 2 is 1.54 bits per heavy atom. The second-order valence-corrected chi connectivity index (χ2v) is 11.7. The maximum Gasteiger partial charge on any atom is 0.265 e. The molecule has 0 atom stereocenters. The van der Waals surface area contributed by atoms with E-state index in [-0.39, 0.29) is 27.1 Å². The summed E-state index contributed by atoms with van der Waals surface area (Å²) in [5.41, 5.74) is 2.31. The number of hydrogen-bond donors (Lipinski definition) is 3. The Labute approximate surface area is 219 Å². The van der Waals surface area contributed by atoms with Gasteiger partial charge in [-0.3, -0.25) is 14.8 Å². The first-order valence-corrected chi connectivity index (χ1v) is 13.3. The summed E-state index contributed by atoms with van der Waals surface area (Å²) in [6.45, 7) is 6.29. The van der Waals surface area contributed by atoms with Crippen molar-refractivity contribution in [1.82, 2.24) is 5.32 Å². The Hall–Kier alpha value is -2.95. The molecule has 0 saturated heterocycles.